The van der Waals surface area contributed by atoms with E-state index in [-0.39, 0.29) is 5.91 Å². The molecule has 4 aromatic rings. The third kappa shape index (κ3) is 4.54. The van der Waals surface area contributed by atoms with Gasteiger partial charge < -0.3 is 16.0 Å². The van der Waals surface area contributed by atoms with Crippen LogP contribution < -0.4 is 11.1 Å². The Morgan fingerprint density at radius 3 is 2.65 bits per heavy atom. The highest BCUT2D eigenvalue weighted by molar-refractivity contribution is 5.98. The number of hydrogen-bond donors (Lipinski definition) is 2. The Kier molecular flexibility index (Phi) is 5.91. The fourth-order valence-electron chi connectivity index (χ4n) is 3.52. The van der Waals surface area contributed by atoms with Crippen molar-refractivity contribution in [3.63, 3.8) is 0 Å². The number of carbonyl (C=O) groups excluding carboxylic acids is 1. The molecule has 0 saturated carbocycles. The molecule has 6 heteroatoms. The number of pyridine rings is 2. The van der Waals surface area contributed by atoms with Gasteiger partial charge in [-0.1, -0.05) is 30.3 Å². The number of rotatable bonds is 6. The Hall–Kier alpha value is -3.77. The average Bonchev–Trinajstić information content (AvgIpc) is 2.79. The molecule has 0 atom stereocenters. The lowest BCUT2D eigenvalue weighted by Gasteiger charge is -2.12. The van der Waals surface area contributed by atoms with Crippen molar-refractivity contribution < 1.29 is 4.79 Å². The van der Waals surface area contributed by atoms with Gasteiger partial charge in [0.25, 0.3) is 5.91 Å². The molecule has 0 saturated heterocycles. The van der Waals surface area contributed by atoms with Crippen molar-refractivity contribution in [2.45, 2.75) is 0 Å². The first-order valence-corrected chi connectivity index (χ1v) is 10.2. The van der Waals surface area contributed by atoms with Crippen LogP contribution in [0.4, 0.5) is 5.82 Å². The molecule has 6 nitrogen and oxygen atoms in total. The summed E-state index contributed by atoms with van der Waals surface area (Å²) in [6.45, 7) is 1.38. The van der Waals surface area contributed by atoms with E-state index in [2.05, 4.69) is 15.3 Å². The fraction of sp³-hybridized carbons (Fsp3) is 0.160. The fourth-order valence-corrected chi connectivity index (χ4v) is 3.52. The van der Waals surface area contributed by atoms with Crippen molar-refractivity contribution in [1.29, 1.82) is 0 Å². The molecule has 0 unspecified atom stereocenters. The number of amides is 1. The number of hydrogen-bond acceptors (Lipinski definition) is 5. The molecule has 2 aromatic heterocycles. The number of nitrogens with zero attached hydrogens (tertiary/aromatic N) is 3. The third-order valence-electron chi connectivity index (χ3n) is 5.16. The van der Waals surface area contributed by atoms with Crippen LogP contribution in [0.5, 0.6) is 0 Å². The lowest BCUT2D eigenvalue weighted by Crippen LogP contribution is -2.31. The smallest absolute Gasteiger partial charge is 0.251 e. The third-order valence-corrected chi connectivity index (χ3v) is 5.16. The zero-order valence-corrected chi connectivity index (χ0v) is 17.7. The molecule has 31 heavy (non-hydrogen) atoms. The summed E-state index contributed by atoms with van der Waals surface area (Å²) < 4.78 is 0. The first kappa shape index (κ1) is 20.5. The summed E-state index contributed by atoms with van der Waals surface area (Å²) in [5, 5.41) is 3.97. The van der Waals surface area contributed by atoms with Gasteiger partial charge in [0.1, 0.15) is 5.82 Å². The van der Waals surface area contributed by atoms with Crippen LogP contribution in [0.2, 0.25) is 0 Å². The molecular weight excluding hydrogens is 386 g/mol. The van der Waals surface area contributed by atoms with E-state index in [1.165, 1.54) is 0 Å². The standard InChI is InChI=1S/C25H25N5O/c1-30(2)13-12-28-25(31)18-7-3-6-17(14-18)19-15-22(24(26)29-16-19)20-8-4-10-23-21(20)9-5-11-27-23/h3-11,14-16H,12-13H2,1-2H3,(H2,26,29)(H,28,31). The van der Waals surface area contributed by atoms with Gasteiger partial charge in [0.15, 0.2) is 0 Å². The van der Waals surface area contributed by atoms with Crippen LogP contribution in [0.15, 0.2) is 73.1 Å². The number of fused-ring (bicyclic) bond motifs is 1. The second-order valence-corrected chi connectivity index (χ2v) is 7.67. The van der Waals surface area contributed by atoms with E-state index in [0.717, 1.165) is 39.7 Å². The van der Waals surface area contributed by atoms with Gasteiger partial charge in [-0.05, 0) is 55.6 Å². The number of anilines is 1. The second kappa shape index (κ2) is 8.93. The van der Waals surface area contributed by atoms with E-state index in [0.29, 0.717) is 17.9 Å². The monoisotopic (exact) mass is 411 g/mol. The maximum Gasteiger partial charge on any atom is 0.251 e. The highest BCUT2D eigenvalue weighted by Crippen LogP contribution is 2.33. The van der Waals surface area contributed by atoms with Crippen LogP contribution in [0.1, 0.15) is 10.4 Å². The molecule has 0 spiro atoms. The first-order valence-electron chi connectivity index (χ1n) is 10.2. The molecule has 0 radical (unpaired) electrons. The van der Waals surface area contributed by atoms with Crippen molar-refractivity contribution in [1.82, 2.24) is 20.2 Å². The Morgan fingerprint density at radius 2 is 1.81 bits per heavy atom. The van der Waals surface area contributed by atoms with Crippen LogP contribution >= 0.6 is 0 Å². The lowest BCUT2D eigenvalue weighted by molar-refractivity contribution is 0.0951. The number of likely N-dealkylation sites (N-methyl/N-ethyl adjacent to an activating group) is 1. The molecule has 156 valence electrons. The maximum absolute atomic E-state index is 12.5. The van der Waals surface area contributed by atoms with Gasteiger partial charge in [-0.25, -0.2) is 4.98 Å². The van der Waals surface area contributed by atoms with Gasteiger partial charge in [0.2, 0.25) is 0 Å². The van der Waals surface area contributed by atoms with E-state index in [1.54, 1.807) is 12.4 Å². The summed E-state index contributed by atoms with van der Waals surface area (Å²) in [5.41, 5.74) is 11.4. The minimum Gasteiger partial charge on any atom is -0.383 e. The highest BCUT2D eigenvalue weighted by Gasteiger charge is 2.12. The van der Waals surface area contributed by atoms with Crippen molar-refractivity contribution in [2.75, 3.05) is 32.9 Å². The quantitative estimate of drug-likeness (QED) is 0.504. The van der Waals surface area contributed by atoms with Crippen LogP contribution in [0, 0.1) is 0 Å². The Morgan fingerprint density at radius 1 is 0.968 bits per heavy atom. The largest absolute Gasteiger partial charge is 0.383 e. The Labute approximate surface area is 181 Å². The highest BCUT2D eigenvalue weighted by atomic mass is 16.1. The van der Waals surface area contributed by atoms with E-state index < -0.39 is 0 Å². The molecule has 2 heterocycles. The number of nitrogens with one attached hydrogen (secondary N) is 1. The minimum absolute atomic E-state index is 0.0903. The summed E-state index contributed by atoms with van der Waals surface area (Å²) in [7, 11) is 3.95. The molecule has 0 bridgehead atoms. The van der Waals surface area contributed by atoms with Crippen LogP contribution in [0.3, 0.4) is 0 Å². The molecule has 0 aliphatic rings. The molecule has 4 rings (SSSR count). The van der Waals surface area contributed by atoms with E-state index in [1.807, 2.05) is 79.7 Å². The van der Waals surface area contributed by atoms with Gasteiger partial charge in [0.05, 0.1) is 5.52 Å². The van der Waals surface area contributed by atoms with Crippen molar-refractivity contribution in [3.05, 3.63) is 78.6 Å². The normalized spacial score (nSPS) is 11.1. The molecule has 0 aliphatic heterocycles. The zero-order chi connectivity index (χ0) is 21.8. The minimum atomic E-state index is -0.0903. The molecule has 0 aliphatic carbocycles. The Balaban J connectivity index is 1.68. The van der Waals surface area contributed by atoms with Gasteiger partial charge in [-0.3, -0.25) is 9.78 Å². The van der Waals surface area contributed by atoms with Crippen molar-refractivity contribution in [3.8, 4) is 22.3 Å². The number of aromatic nitrogens is 2. The predicted molar refractivity (Wildman–Crippen MR) is 126 cm³/mol. The summed E-state index contributed by atoms with van der Waals surface area (Å²) in [6, 6.07) is 19.5. The van der Waals surface area contributed by atoms with Crippen LogP contribution in [-0.4, -0.2) is 48.0 Å². The summed E-state index contributed by atoms with van der Waals surface area (Å²) in [5.74, 6) is 0.366. The molecule has 1 amide bonds. The maximum atomic E-state index is 12.5. The van der Waals surface area contributed by atoms with E-state index >= 15 is 0 Å². The van der Waals surface area contributed by atoms with E-state index in [9.17, 15) is 4.79 Å². The van der Waals surface area contributed by atoms with Crippen molar-refractivity contribution >= 4 is 22.6 Å². The van der Waals surface area contributed by atoms with Gasteiger partial charge in [-0.2, -0.15) is 0 Å². The Bertz CT molecular complexity index is 1230. The van der Waals surface area contributed by atoms with Crippen molar-refractivity contribution in [2.24, 2.45) is 0 Å². The number of carbonyl (C=O) groups is 1. The zero-order valence-electron chi connectivity index (χ0n) is 17.7. The van der Waals surface area contributed by atoms with Crippen LogP contribution in [-0.2, 0) is 0 Å². The number of benzene rings is 2. The summed E-state index contributed by atoms with van der Waals surface area (Å²) in [6.07, 6.45) is 3.52. The van der Waals surface area contributed by atoms with Gasteiger partial charge in [0, 0.05) is 47.6 Å². The second-order valence-electron chi connectivity index (χ2n) is 7.67. The number of nitrogens with two attached hydrogens (primary N) is 1. The van der Waals surface area contributed by atoms with Gasteiger partial charge in [-0.15, -0.1) is 0 Å². The van der Waals surface area contributed by atoms with Gasteiger partial charge >= 0.3 is 0 Å². The first-order chi connectivity index (χ1) is 15.0. The topological polar surface area (TPSA) is 84.1 Å². The summed E-state index contributed by atoms with van der Waals surface area (Å²) in [4.78, 5) is 23.4. The predicted octanol–water partition coefficient (Wildman–Crippen LogP) is 3.84. The molecule has 3 N–H and O–H groups in total. The molecule has 0 fully saturated rings. The SMILES string of the molecule is CN(C)CCNC(=O)c1cccc(-c2cnc(N)c(-c3cccc4ncccc34)c2)c1. The molecule has 2 aromatic carbocycles. The summed E-state index contributed by atoms with van der Waals surface area (Å²) >= 11 is 0. The lowest BCUT2D eigenvalue weighted by atomic mass is 9.97. The van der Waals surface area contributed by atoms with Crippen LogP contribution in [0.25, 0.3) is 33.2 Å². The molecular formula is C25H25N5O. The number of nitrogen functional groups attached to an aromatic ring is 1. The van der Waals surface area contributed by atoms with E-state index in [4.69, 9.17) is 5.73 Å². The average molecular weight is 412 g/mol.